The third kappa shape index (κ3) is 4.37. The minimum atomic E-state index is 0.156. The van der Waals surface area contributed by atoms with Gasteiger partial charge in [0.2, 0.25) is 5.91 Å². The van der Waals surface area contributed by atoms with Gasteiger partial charge in [0.05, 0.1) is 19.2 Å². The maximum absolute atomic E-state index is 12.7. The summed E-state index contributed by atoms with van der Waals surface area (Å²) < 4.78 is 5.61. The smallest absolute Gasteiger partial charge is 0.234 e. The van der Waals surface area contributed by atoms with Crippen molar-refractivity contribution in [3.63, 3.8) is 0 Å². The van der Waals surface area contributed by atoms with Crippen molar-refractivity contribution in [3.8, 4) is 5.75 Å². The number of rotatable bonds is 5. The molecule has 1 N–H and O–H groups in total. The lowest BCUT2D eigenvalue weighted by Gasteiger charge is -2.35. The van der Waals surface area contributed by atoms with E-state index in [1.807, 2.05) is 0 Å². The van der Waals surface area contributed by atoms with Crippen molar-refractivity contribution < 1.29 is 9.53 Å². The summed E-state index contributed by atoms with van der Waals surface area (Å²) in [7, 11) is 0. The first-order chi connectivity index (χ1) is 14.7. The van der Waals surface area contributed by atoms with Crippen LogP contribution in [0.1, 0.15) is 41.1 Å². The van der Waals surface area contributed by atoms with E-state index in [1.165, 1.54) is 22.3 Å². The number of aryl methyl sites for hydroxylation is 1. The van der Waals surface area contributed by atoms with Gasteiger partial charge in [-0.05, 0) is 47.6 Å². The highest BCUT2D eigenvalue weighted by atomic mass is 16.5. The summed E-state index contributed by atoms with van der Waals surface area (Å²) in [6.45, 7) is 6.20. The number of benzene rings is 2. The summed E-state index contributed by atoms with van der Waals surface area (Å²) in [6.07, 6.45) is 4.34. The third-order valence-electron chi connectivity index (χ3n) is 6.70. The van der Waals surface area contributed by atoms with Crippen molar-refractivity contribution in [2.45, 2.75) is 38.3 Å². The molecule has 1 amide bonds. The predicted molar refractivity (Wildman–Crippen MR) is 118 cm³/mol. The molecule has 0 spiro atoms. The normalized spacial score (nSPS) is 21.5. The van der Waals surface area contributed by atoms with Gasteiger partial charge >= 0.3 is 0 Å². The summed E-state index contributed by atoms with van der Waals surface area (Å²) in [5.41, 5.74) is 5.40. The molecule has 0 bridgehead atoms. The van der Waals surface area contributed by atoms with E-state index in [4.69, 9.17) is 4.74 Å². The second-order valence-electron chi connectivity index (χ2n) is 8.80. The van der Waals surface area contributed by atoms with E-state index in [2.05, 4.69) is 57.6 Å². The molecule has 2 aliphatic heterocycles. The Hall–Kier alpha value is -2.37. The fourth-order valence-corrected chi connectivity index (χ4v) is 5.05. The molecule has 0 saturated carbocycles. The molecule has 1 atom stereocenters. The number of hydrogen-bond donors (Lipinski definition) is 1. The molecule has 2 heterocycles. The van der Waals surface area contributed by atoms with E-state index in [9.17, 15) is 4.79 Å². The van der Waals surface area contributed by atoms with Crippen LogP contribution in [-0.2, 0) is 24.2 Å². The molecule has 0 radical (unpaired) electrons. The quantitative estimate of drug-likeness (QED) is 0.831. The molecule has 1 saturated heterocycles. The molecule has 0 unspecified atom stereocenters. The van der Waals surface area contributed by atoms with Crippen LogP contribution < -0.4 is 10.1 Å². The Labute approximate surface area is 179 Å². The van der Waals surface area contributed by atoms with E-state index in [-0.39, 0.29) is 11.9 Å². The van der Waals surface area contributed by atoms with Crippen molar-refractivity contribution in [2.24, 2.45) is 0 Å². The van der Waals surface area contributed by atoms with Crippen LogP contribution >= 0.6 is 0 Å². The molecule has 5 nitrogen and oxygen atoms in total. The van der Waals surface area contributed by atoms with Crippen LogP contribution in [-0.4, -0.2) is 55.0 Å². The molecule has 5 rings (SSSR count). The Morgan fingerprint density at radius 3 is 2.73 bits per heavy atom. The van der Waals surface area contributed by atoms with Gasteiger partial charge in [0.25, 0.3) is 0 Å². The summed E-state index contributed by atoms with van der Waals surface area (Å²) in [5, 5.41) is 3.29. The largest absolute Gasteiger partial charge is 0.493 e. The maximum atomic E-state index is 12.7. The van der Waals surface area contributed by atoms with Crippen LogP contribution in [0, 0.1) is 0 Å². The number of fused-ring (bicyclic) bond motifs is 2. The number of nitrogens with zero attached hydrogens (tertiary/aromatic N) is 2. The summed E-state index contributed by atoms with van der Waals surface area (Å²) >= 11 is 0. The fraction of sp³-hybridized carbons (Fsp3) is 0.480. The Morgan fingerprint density at radius 2 is 1.83 bits per heavy atom. The second-order valence-corrected chi connectivity index (χ2v) is 8.80. The van der Waals surface area contributed by atoms with Crippen molar-refractivity contribution in [2.75, 3.05) is 39.3 Å². The summed E-state index contributed by atoms with van der Waals surface area (Å²) in [4.78, 5) is 17.5. The molecule has 1 fully saturated rings. The SMILES string of the molecule is O=C(CN1CCN(Cc2ccc3c(c2)CCO3)CC1)N[C@H]1CCCc2ccccc21. The number of amides is 1. The van der Waals surface area contributed by atoms with Gasteiger partial charge in [0.1, 0.15) is 5.75 Å². The van der Waals surface area contributed by atoms with E-state index in [0.29, 0.717) is 6.54 Å². The van der Waals surface area contributed by atoms with Gasteiger partial charge in [-0.25, -0.2) is 0 Å². The van der Waals surface area contributed by atoms with Crippen LogP contribution in [0.5, 0.6) is 5.75 Å². The standard InChI is InChI=1S/C25H31N3O2/c29-25(26-23-7-3-5-20-4-1-2-6-22(20)23)18-28-13-11-27(12-14-28)17-19-8-9-24-21(16-19)10-15-30-24/h1-2,4,6,8-9,16,23H,3,5,7,10-15,17-18H2,(H,26,29)/t23-/m0/s1. The number of nitrogens with one attached hydrogen (secondary N) is 1. The summed E-state index contributed by atoms with van der Waals surface area (Å²) in [6, 6.07) is 15.3. The lowest BCUT2D eigenvalue weighted by molar-refractivity contribution is -0.123. The first kappa shape index (κ1) is 19.6. The molecule has 30 heavy (non-hydrogen) atoms. The zero-order valence-electron chi connectivity index (χ0n) is 17.6. The maximum Gasteiger partial charge on any atom is 0.234 e. The minimum absolute atomic E-state index is 0.156. The zero-order valence-corrected chi connectivity index (χ0v) is 17.6. The Balaban J connectivity index is 1.09. The van der Waals surface area contributed by atoms with Gasteiger partial charge in [0, 0.05) is 39.1 Å². The highest BCUT2D eigenvalue weighted by Crippen LogP contribution is 2.29. The summed E-state index contributed by atoms with van der Waals surface area (Å²) in [5.74, 6) is 1.21. The van der Waals surface area contributed by atoms with E-state index < -0.39 is 0 Å². The second kappa shape index (κ2) is 8.78. The lowest BCUT2D eigenvalue weighted by atomic mass is 9.88. The molecular weight excluding hydrogens is 374 g/mol. The molecular formula is C25H31N3O2. The number of carbonyl (C=O) groups is 1. The van der Waals surface area contributed by atoms with Gasteiger partial charge < -0.3 is 10.1 Å². The van der Waals surface area contributed by atoms with Crippen LogP contribution in [0.3, 0.4) is 0 Å². The van der Waals surface area contributed by atoms with E-state index in [1.54, 1.807) is 0 Å². The number of hydrogen-bond acceptors (Lipinski definition) is 4. The Kier molecular flexibility index (Phi) is 5.73. The van der Waals surface area contributed by atoms with E-state index >= 15 is 0 Å². The highest BCUT2D eigenvalue weighted by Gasteiger charge is 2.24. The molecule has 0 aromatic heterocycles. The third-order valence-corrected chi connectivity index (χ3v) is 6.70. The molecule has 2 aromatic rings. The first-order valence-electron chi connectivity index (χ1n) is 11.3. The molecule has 158 valence electrons. The van der Waals surface area contributed by atoms with Gasteiger partial charge in [-0.2, -0.15) is 0 Å². The fourth-order valence-electron chi connectivity index (χ4n) is 5.05. The number of ether oxygens (including phenoxy) is 1. The predicted octanol–water partition coefficient (Wildman–Crippen LogP) is 2.93. The van der Waals surface area contributed by atoms with Crippen molar-refractivity contribution in [3.05, 3.63) is 64.7 Å². The average molecular weight is 406 g/mol. The number of piperazine rings is 1. The Bertz CT molecular complexity index is 905. The van der Waals surface area contributed by atoms with Crippen LogP contribution in [0.25, 0.3) is 0 Å². The Morgan fingerprint density at radius 1 is 1.00 bits per heavy atom. The van der Waals surface area contributed by atoms with Gasteiger partial charge in [-0.15, -0.1) is 0 Å². The minimum Gasteiger partial charge on any atom is -0.493 e. The van der Waals surface area contributed by atoms with Gasteiger partial charge in [0.15, 0.2) is 0 Å². The van der Waals surface area contributed by atoms with Crippen molar-refractivity contribution in [1.82, 2.24) is 15.1 Å². The van der Waals surface area contributed by atoms with Gasteiger partial charge in [-0.1, -0.05) is 36.4 Å². The lowest BCUT2D eigenvalue weighted by Crippen LogP contribution is -2.49. The molecule has 3 aliphatic rings. The van der Waals surface area contributed by atoms with Crippen molar-refractivity contribution >= 4 is 5.91 Å². The van der Waals surface area contributed by atoms with Crippen molar-refractivity contribution in [1.29, 1.82) is 0 Å². The molecule has 1 aliphatic carbocycles. The average Bonchev–Trinajstić information content (AvgIpc) is 3.23. The highest BCUT2D eigenvalue weighted by molar-refractivity contribution is 5.78. The van der Waals surface area contributed by atoms with Crippen LogP contribution in [0.15, 0.2) is 42.5 Å². The molecule has 2 aromatic carbocycles. The topological polar surface area (TPSA) is 44.8 Å². The number of carbonyl (C=O) groups excluding carboxylic acids is 1. The van der Waals surface area contributed by atoms with Gasteiger partial charge in [-0.3, -0.25) is 14.6 Å². The van der Waals surface area contributed by atoms with Crippen LogP contribution in [0.4, 0.5) is 0 Å². The monoisotopic (exact) mass is 405 g/mol. The zero-order chi connectivity index (χ0) is 20.3. The first-order valence-corrected chi connectivity index (χ1v) is 11.3. The van der Waals surface area contributed by atoms with E-state index in [0.717, 1.165) is 70.8 Å². The van der Waals surface area contributed by atoms with Crippen LogP contribution in [0.2, 0.25) is 0 Å². The molecule has 5 heteroatoms.